The number of hydrogen-bond donors (Lipinski definition) is 1. The zero-order valence-corrected chi connectivity index (χ0v) is 13.8. The lowest BCUT2D eigenvalue weighted by atomic mass is 9.81. The Kier molecular flexibility index (Phi) is 5.71. The van der Waals surface area contributed by atoms with Gasteiger partial charge in [0.15, 0.2) is 0 Å². The van der Waals surface area contributed by atoms with Crippen LogP contribution in [0.15, 0.2) is 6.07 Å². The SMILES string of the molecule is CCn1c(C)cc(CNCCC2CCC(C)CC2)c1C. The highest BCUT2D eigenvalue weighted by atomic mass is 15.0. The maximum absolute atomic E-state index is 3.65. The van der Waals surface area contributed by atoms with E-state index >= 15 is 0 Å². The average Bonchev–Trinajstić information content (AvgIpc) is 2.71. The lowest BCUT2D eigenvalue weighted by molar-refractivity contribution is 0.275. The van der Waals surface area contributed by atoms with E-state index in [1.165, 1.54) is 55.6 Å². The number of nitrogens with zero attached hydrogens (tertiary/aromatic N) is 1. The Labute approximate surface area is 125 Å². The van der Waals surface area contributed by atoms with E-state index in [1.807, 2.05) is 0 Å². The Hall–Kier alpha value is -0.760. The summed E-state index contributed by atoms with van der Waals surface area (Å²) in [6.45, 7) is 12.4. The van der Waals surface area contributed by atoms with Crippen molar-refractivity contribution in [3.63, 3.8) is 0 Å². The summed E-state index contributed by atoms with van der Waals surface area (Å²) >= 11 is 0. The Balaban J connectivity index is 1.71. The van der Waals surface area contributed by atoms with Gasteiger partial charge in [-0.1, -0.05) is 32.6 Å². The fraction of sp³-hybridized carbons (Fsp3) is 0.778. The van der Waals surface area contributed by atoms with Gasteiger partial charge in [0.2, 0.25) is 0 Å². The van der Waals surface area contributed by atoms with Gasteiger partial charge in [-0.2, -0.15) is 0 Å². The maximum atomic E-state index is 3.65. The van der Waals surface area contributed by atoms with Crippen molar-refractivity contribution in [3.8, 4) is 0 Å². The van der Waals surface area contributed by atoms with E-state index in [9.17, 15) is 0 Å². The Morgan fingerprint density at radius 2 is 1.90 bits per heavy atom. The third kappa shape index (κ3) is 3.88. The highest BCUT2D eigenvalue weighted by molar-refractivity contribution is 5.26. The summed E-state index contributed by atoms with van der Waals surface area (Å²) in [5.41, 5.74) is 4.30. The van der Waals surface area contributed by atoms with Gasteiger partial charge < -0.3 is 9.88 Å². The summed E-state index contributed by atoms with van der Waals surface area (Å²) in [4.78, 5) is 0. The second-order valence-electron chi connectivity index (χ2n) is 6.73. The van der Waals surface area contributed by atoms with Gasteiger partial charge in [-0.3, -0.25) is 0 Å². The number of rotatable bonds is 6. The first-order valence-electron chi connectivity index (χ1n) is 8.48. The Bertz CT molecular complexity index is 411. The third-order valence-corrected chi connectivity index (χ3v) is 5.17. The van der Waals surface area contributed by atoms with Crippen LogP contribution in [0, 0.1) is 25.7 Å². The van der Waals surface area contributed by atoms with Gasteiger partial charge in [0.05, 0.1) is 0 Å². The second-order valence-corrected chi connectivity index (χ2v) is 6.73. The molecule has 0 radical (unpaired) electrons. The van der Waals surface area contributed by atoms with Gasteiger partial charge in [-0.15, -0.1) is 0 Å². The molecule has 1 heterocycles. The van der Waals surface area contributed by atoms with Gasteiger partial charge >= 0.3 is 0 Å². The van der Waals surface area contributed by atoms with Crippen LogP contribution in [0.3, 0.4) is 0 Å². The first-order valence-corrected chi connectivity index (χ1v) is 8.48. The van der Waals surface area contributed by atoms with E-state index in [2.05, 4.69) is 43.6 Å². The molecule has 0 unspecified atom stereocenters. The zero-order valence-electron chi connectivity index (χ0n) is 13.8. The molecule has 0 saturated heterocycles. The number of hydrogen-bond acceptors (Lipinski definition) is 1. The summed E-state index contributed by atoms with van der Waals surface area (Å²) in [5, 5.41) is 3.65. The van der Waals surface area contributed by atoms with Crippen molar-refractivity contribution in [1.29, 1.82) is 0 Å². The number of nitrogens with one attached hydrogen (secondary N) is 1. The molecular weight excluding hydrogens is 244 g/mol. The maximum Gasteiger partial charge on any atom is 0.0223 e. The van der Waals surface area contributed by atoms with E-state index in [0.717, 1.165) is 24.9 Å². The van der Waals surface area contributed by atoms with Crippen LogP contribution in [0.25, 0.3) is 0 Å². The minimum absolute atomic E-state index is 0.971. The van der Waals surface area contributed by atoms with Crippen molar-refractivity contribution in [2.45, 2.75) is 72.9 Å². The second kappa shape index (κ2) is 7.31. The van der Waals surface area contributed by atoms with Crippen LogP contribution >= 0.6 is 0 Å². The highest BCUT2D eigenvalue weighted by Crippen LogP contribution is 2.29. The van der Waals surface area contributed by atoms with Crippen molar-refractivity contribution in [2.24, 2.45) is 11.8 Å². The fourth-order valence-electron chi connectivity index (χ4n) is 3.68. The van der Waals surface area contributed by atoms with Crippen LogP contribution in [0.1, 0.15) is 62.9 Å². The smallest absolute Gasteiger partial charge is 0.0223 e. The molecule has 1 aliphatic carbocycles. The summed E-state index contributed by atoms with van der Waals surface area (Å²) in [6, 6.07) is 2.34. The molecule has 0 atom stereocenters. The van der Waals surface area contributed by atoms with Crippen molar-refractivity contribution in [2.75, 3.05) is 6.54 Å². The van der Waals surface area contributed by atoms with E-state index in [0.29, 0.717) is 0 Å². The highest BCUT2D eigenvalue weighted by Gasteiger charge is 2.17. The molecule has 1 N–H and O–H groups in total. The standard InChI is InChI=1S/C18H32N2/c1-5-20-15(3)12-18(16(20)4)13-19-11-10-17-8-6-14(2)7-9-17/h12,14,17,19H,5-11,13H2,1-4H3. The van der Waals surface area contributed by atoms with Crippen LogP contribution < -0.4 is 5.32 Å². The van der Waals surface area contributed by atoms with Crippen molar-refractivity contribution >= 4 is 0 Å². The van der Waals surface area contributed by atoms with E-state index in [4.69, 9.17) is 0 Å². The van der Waals surface area contributed by atoms with E-state index in [-0.39, 0.29) is 0 Å². The van der Waals surface area contributed by atoms with Gasteiger partial charge in [0.25, 0.3) is 0 Å². The number of aryl methyl sites for hydroxylation is 1. The molecule has 114 valence electrons. The van der Waals surface area contributed by atoms with Crippen LogP contribution in [0.2, 0.25) is 0 Å². The minimum atomic E-state index is 0.971. The molecule has 1 saturated carbocycles. The minimum Gasteiger partial charge on any atom is -0.349 e. The fourth-order valence-corrected chi connectivity index (χ4v) is 3.68. The quantitative estimate of drug-likeness (QED) is 0.761. The normalized spacial score (nSPS) is 23.2. The van der Waals surface area contributed by atoms with Crippen molar-refractivity contribution in [3.05, 3.63) is 23.0 Å². The van der Waals surface area contributed by atoms with Crippen LogP contribution in [-0.4, -0.2) is 11.1 Å². The molecule has 1 aliphatic rings. The van der Waals surface area contributed by atoms with Crippen LogP contribution in [0.4, 0.5) is 0 Å². The summed E-state index contributed by atoms with van der Waals surface area (Å²) in [7, 11) is 0. The lowest BCUT2D eigenvalue weighted by Gasteiger charge is -2.26. The monoisotopic (exact) mass is 276 g/mol. The lowest BCUT2D eigenvalue weighted by Crippen LogP contribution is -2.20. The predicted molar refractivity (Wildman–Crippen MR) is 87.0 cm³/mol. The van der Waals surface area contributed by atoms with Gasteiger partial charge in [-0.25, -0.2) is 0 Å². The van der Waals surface area contributed by atoms with Crippen LogP contribution in [0.5, 0.6) is 0 Å². The first-order chi connectivity index (χ1) is 9.61. The van der Waals surface area contributed by atoms with E-state index < -0.39 is 0 Å². The molecule has 2 nitrogen and oxygen atoms in total. The molecule has 0 amide bonds. The van der Waals surface area contributed by atoms with E-state index in [1.54, 1.807) is 0 Å². The molecule has 2 rings (SSSR count). The molecular formula is C18H32N2. The molecule has 0 aliphatic heterocycles. The predicted octanol–water partition coefficient (Wildman–Crippen LogP) is 4.43. The van der Waals surface area contributed by atoms with Gasteiger partial charge in [-0.05, 0) is 57.2 Å². The zero-order chi connectivity index (χ0) is 14.5. The molecule has 1 fully saturated rings. The molecule has 1 aromatic heterocycles. The van der Waals surface area contributed by atoms with Gasteiger partial charge in [0, 0.05) is 24.5 Å². The van der Waals surface area contributed by atoms with Crippen LogP contribution in [-0.2, 0) is 13.1 Å². The van der Waals surface area contributed by atoms with Gasteiger partial charge in [0.1, 0.15) is 0 Å². The largest absolute Gasteiger partial charge is 0.349 e. The molecule has 2 heteroatoms. The Morgan fingerprint density at radius 3 is 2.50 bits per heavy atom. The molecule has 0 bridgehead atoms. The summed E-state index contributed by atoms with van der Waals surface area (Å²) in [6.07, 6.45) is 7.16. The number of aromatic nitrogens is 1. The third-order valence-electron chi connectivity index (χ3n) is 5.17. The molecule has 20 heavy (non-hydrogen) atoms. The summed E-state index contributed by atoms with van der Waals surface area (Å²) in [5.74, 6) is 1.94. The van der Waals surface area contributed by atoms with Crippen molar-refractivity contribution in [1.82, 2.24) is 9.88 Å². The summed E-state index contributed by atoms with van der Waals surface area (Å²) < 4.78 is 2.40. The van der Waals surface area contributed by atoms with Crippen molar-refractivity contribution < 1.29 is 0 Å². The topological polar surface area (TPSA) is 17.0 Å². The molecule has 0 aromatic carbocycles. The molecule has 1 aromatic rings. The Morgan fingerprint density at radius 1 is 1.20 bits per heavy atom. The molecule has 0 spiro atoms. The average molecular weight is 276 g/mol. The first kappa shape index (κ1) is 15.6.